The molecule has 38 heavy (non-hydrogen) atoms. The molecule has 5 heterocycles. The summed E-state index contributed by atoms with van der Waals surface area (Å²) in [5, 5.41) is 12.8. The van der Waals surface area contributed by atoms with Crippen LogP contribution in [0.4, 0.5) is 17.5 Å². The number of rotatable bonds is 7. The molecule has 0 radical (unpaired) electrons. The summed E-state index contributed by atoms with van der Waals surface area (Å²) in [6.45, 7) is 8.65. The predicted octanol–water partition coefficient (Wildman–Crippen LogP) is 4.19. The van der Waals surface area contributed by atoms with Gasteiger partial charge in [-0.3, -0.25) is 14.5 Å². The van der Waals surface area contributed by atoms with Gasteiger partial charge in [-0.15, -0.1) is 0 Å². The second-order valence-corrected chi connectivity index (χ2v) is 12.2. The molecule has 0 amide bonds. The van der Waals surface area contributed by atoms with Crippen molar-refractivity contribution in [1.29, 1.82) is 0 Å². The summed E-state index contributed by atoms with van der Waals surface area (Å²) >= 11 is 1.44. The quantitative estimate of drug-likeness (QED) is 0.460. The van der Waals surface area contributed by atoms with Crippen molar-refractivity contribution in [1.82, 2.24) is 33.9 Å². The molecule has 3 aromatic heterocycles. The predicted molar refractivity (Wildman–Crippen MR) is 150 cm³/mol. The summed E-state index contributed by atoms with van der Waals surface area (Å²) in [5.41, 5.74) is 1.90. The van der Waals surface area contributed by atoms with Gasteiger partial charge in [0.05, 0.1) is 29.0 Å². The van der Waals surface area contributed by atoms with Crippen LogP contribution in [0.5, 0.6) is 0 Å². The van der Waals surface area contributed by atoms with Crippen molar-refractivity contribution < 1.29 is 4.74 Å². The number of anilines is 3. The summed E-state index contributed by atoms with van der Waals surface area (Å²) in [7, 11) is 0. The van der Waals surface area contributed by atoms with Crippen molar-refractivity contribution in [3.05, 3.63) is 18.1 Å². The molecule has 4 aliphatic rings. The SMILES string of the molecule is Cc1nsc2nc(Nc3cnn(C4CCOCC4)c3)nc(N[C@H]3CC[C@H](N4CCN(C5CC5)CC4)CC3)c12. The Hall–Kier alpha value is -2.34. The fourth-order valence-corrected chi connectivity index (χ4v) is 7.29. The Kier molecular flexibility index (Phi) is 6.93. The van der Waals surface area contributed by atoms with Gasteiger partial charge in [-0.2, -0.15) is 19.4 Å². The summed E-state index contributed by atoms with van der Waals surface area (Å²) in [5.74, 6) is 1.50. The molecule has 0 unspecified atom stereocenters. The lowest BCUT2D eigenvalue weighted by Crippen LogP contribution is -2.52. The van der Waals surface area contributed by atoms with E-state index in [2.05, 4.69) is 43.0 Å². The van der Waals surface area contributed by atoms with Crippen LogP contribution in [-0.2, 0) is 4.74 Å². The Morgan fingerprint density at radius 2 is 1.55 bits per heavy atom. The molecule has 10 nitrogen and oxygen atoms in total. The first kappa shape index (κ1) is 24.7. The van der Waals surface area contributed by atoms with Crippen molar-refractivity contribution >= 4 is 39.2 Å². The molecule has 11 heteroatoms. The molecule has 3 aromatic rings. The van der Waals surface area contributed by atoms with Crippen LogP contribution in [0, 0.1) is 6.92 Å². The van der Waals surface area contributed by atoms with Gasteiger partial charge in [0.15, 0.2) is 4.83 Å². The fraction of sp³-hybridized carbons (Fsp3) is 0.704. The van der Waals surface area contributed by atoms with E-state index in [9.17, 15) is 0 Å². The van der Waals surface area contributed by atoms with Gasteiger partial charge in [-0.1, -0.05) is 0 Å². The molecule has 0 aromatic carbocycles. The monoisotopic (exact) mass is 537 g/mol. The molecular weight excluding hydrogens is 498 g/mol. The molecular formula is C27H39N9OS. The summed E-state index contributed by atoms with van der Waals surface area (Å²) in [6, 6.07) is 2.45. The molecule has 2 saturated heterocycles. The van der Waals surface area contributed by atoms with Gasteiger partial charge in [0.1, 0.15) is 5.82 Å². The first-order chi connectivity index (χ1) is 18.7. The highest BCUT2D eigenvalue weighted by atomic mass is 32.1. The van der Waals surface area contributed by atoms with Crippen molar-refractivity contribution in [2.45, 2.75) is 82.5 Å². The van der Waals surface area contributed by atoms with Crippen LogP contribution in [0.15, 0.2) is 12.4 Å². The third-order valence-corrected chi connectivity index (χ3v) is 9.73. The average Bonchev–Trinajstić information content (AvgIpc) is 3.59. The van der Waals surface area contributed by atoms with Crippen molar-refractivity contribution in [3.8, 4) is 0 Å². The van der Waals surface area contributed by atoms with Gasteiger partial charge in [-0.05, 0) is 69.8 Å². The smallest absolute Gasteiger partial charge is 0.230 e. The van der Waals surface area contributed by atoms with Gasteiger partial charge in [0, 0.05) is 63.7 Å². The van der Waals surface area contributed by atoms with Crippen LogP contribution in [0.2, 0.25) is 0 Å². The molecule has 2 aliphatic carbocycles. The number of nitrogens with zero attached hydrogens (tertiary/aromatic N) is 7. The van der Waals surface area contributed by atoms with E-state index in [0.717, 1.165) is 65.6 Å². The van der Waals surface area contributed by atoms with Crippen LogP contribution in [0.25, 0.3) is 10.2 Å². The minimum atomic E-state index is 0.390. The molecule has 4 fully saturated rings. The van der Waals surface area contributed by atoms with E-state index in [1.165, 1.54) is 76.2 Å². The number of aromatic nitrogens is 5. The average molecular weight is 538 g/mol. The number of hydrogen-bond acceptors (Lipinski definition) is 10. The second kappa shape index (κ2) is 10.7. The maximum atomic E-state index is 5.50. The Labute approximate surface area is 228 Å². The van der Waals surface area contributed by atoms with Crippen LogP contribution in [0.3, 0.4) is 0 Å². The molecule has 204 valence electrons. The lowest BCUT2D eigenvalue weighted by atomic mass is 9.89. The van der Waals surface area contributed by atoms with Gasteiger partial charge in [0.25, 0.3) is 0 Å². The fourth-order valence-electron chi connectivity index (χ4n) is 6.52. The van der Waals surface area contributed by atoms with Crippen LogP contribution >= 0.6 is 11.5 Å². The van der Waals surface area contributed by atoms with Gasteiger partial charge >= 0.3 is 0 Å². The van der Waals surface area contributed by atoms with Gasteiger partial charge in [-0.25, -0.2) is 0 Å². The Balaban J connectivity index is 1.00. The molecule has 2 aliphatic heterocycles. The maximum absolute atomic E-state index is 5.50. The van der Waals surface area contributed by atoms with Gasteiger partial charge < -0.3 is 15.4 Å². The molecule has 7 rings (SSSR count). The zero-order chi connectivity index (χ0) is 25.5. The van der Waals surface area contributed by atoms with E-state index in [1.807, 2.05) is 10.9 Å². The van der Waals surface area contributed by atoms with E-state index >= 15 is 0 Å². The highest BCUT2D eigenvalue weighted by Gasteiger charge is 2.34. The lowest BCUT2D eigenvalue weighted by molar-refractivity contribution is 0.0662. The largest absolute Gasteiger partial charge is 0.381 e. The van der Waals surface area contributed by atoms with Crippen molar-refractivity contribution in [3.63, 3.8) is 0 Å². The van der Waals surface area contributed by atoms with E-state index in [1.54, 1.807) is 0 Å². The van der Waals surface area contributed by atoms with Crippen molar-refractivity contribution in [2.75, 3.05) is 50.0 Å². The summed E-state index contributed by atoms with van der Waals surface area (Å²) in [6.07, 6.45) is 13.6. The minimum Gasteiger partial charge on any atom is -0.381 e. The van der Waals surface area contributed by atoms with Gasteiger partial charge in [0.2, 0.25) is 5.95 Å². The number of nitrogens with one attached hydrogen (secondary N) is 2. The van der Waals surface area contributed by atoms with E-state index in [0.29, 0.717) is 18.0 Å². The summed E-state index contributed by atoms with van der Waals surface area (Å²) < 4.78 is 12.1. The van der Waals surface area contributed by atoms with Crippen LogP contribution in [-0.4, -0.2) is 91.4 Å². The normalized spacial score (nSPS) is 26.1. The van der Waals surface area contributed by atoms with Crippen LogP contribution < -0.4 is 10.6 Å². The van der Waals surface area contributed by atoms with E-state index in [-0.39, 0.29) is 0 Å². The zero-order valence-electron chi connectivity index (χ0n) is 22.3. The first-order valence-corrected chi connectivity index (χ1v) is 15.2. The number of ether oxygens (including phenoxy) is 1. The highest BCUT2D eigenvalue weighted by Crippen LogP contribution is 2.33. The number of piperazine rings is 1. The molecule has 0 spiro atoms. The standard InChI is InChI=1S/C27H39N9OS/c1-18-24-25(29-19-2-4-21(5-3-19)34-10-12-35(13-11-34)22-6-7-22)31-27(32-26(24)38-33-18)30-20-16-28-36(17-20)23-8-14-37-15-9-23/h16-17,19,21-23H,2-15H2,1H3,(H2,29,30,31,32)/t19-,21-. The summed E-state index contributed by atoms with van der Waals surface area (Å²) in [4.78, 5) is 16.1. The molecule has 2 saturated carbocycles. The molecule has 0 atom stereocenters. The molecule has 0 bridgehead atoms. The van der Waals surface area contributed by atoms with E-state index in [4.69, 9.17) is 14.7 Å². The number of aryl methyl sites for hydroxylation is 1. The van der Waals surface area contributed by atoms with Crippen molar-refractivity contribution in [2.24, 2.45) is 0 Å². The second-order valence-electron chi connectivity index (χ2n) is 11.5. The Morgan fingerprint density at radius 1 is 0.868 bits per heavy atom. The van der Waals surface area contributed by atoms with Crippen LogP contribution in [0.1, 0.15) is 63.1 Å². The minimum absolute atomic E-state index is 0.390. The third-order valence-electron chi connectivity index (χ3n) is 8.90. The topological polar surface area (TPSA) is 96.3 Å². The number of fused-ring (bicyclic) bond motifs is 1. The maximum Gasteiger partial charge on any atom is 0.230 e. The third kappa shape index (κ3) is 5.25. The zero-order valence-corrected chi connectivity index (χ0v) is 23.1. The number of hydrogen-bond donors (Lipinski definition) is 2. The Bertz CT molecular complexity index is 1230. The highest BCUT2D eigenvalue weighted by molar-refractivity contribution is 7.13. The Morgan fingerprint density at radius 3 is 2.24 bits per heavy atom. The first-order valence-electron chi connectivity index (χ1n) is 14.5. The molecule has 2 N–H and O–H groups in total. The van der Waals surface area contributed by atoms with E-state index < -0.39 is 0 Å². The lowest BCUT2D eigenvalue weighted by Gasteiger charge is -2.42.